The average molecular weight is 266 g/mol. The maximum atomic E-state index is 12.4. The molecule has 0 saturated heterocycles. The van der Waals surface area contributed by atoms with Gasteiger partial charge in [0.1, 0.15) is 5.71 Å². The molecule has 0 heterocycles. The third kappa shape index (κ3) is 5.51. The quantitative estimate of drug-likeness (QED) is 0.578. The van der Waals surface area contributed by atoms with Gasteiger partial charge in [0.05, 0.1) is 0 Å². The molecule has 0 amide bonds. The zero-order valence-corrected chi connectivity index (χ0v) is 11.7. The van der Waals surface area contributed by atoms with E-state index in [1.54, 1.807) is 20.9 Å². The van der Waals surface area contributed by atoms with Crippen molar-refractivity contribution in [2.24, 2.45) is 11.0 Å². The fourth-order valence-electron chi connectivity index (χ4n) is 1.06. The highest BCUT2D eigenvalue weighted by atomic mass is 19.4. The van der Waals surface area contributed by atoms with Crippen molar-refractivity contribution in [1.29, 1.82) is 0 Å². The fraction of sp³-hybridized carbons (Fsp3) is 0.833. The molecule has 0 saturated carbocycles. The molecule has 0 N–H and O–H groups in total. The summed E-state index contributed by atoms with van der Waals surface area (Å²) in [6.45, 7) is 8.91. The molecule has 0 aliphatic rings. The van der Waals surface area contributed by atoms with Crippen LogP contribution >= 0.6 is 0 Å². The highest BCUT2D eigenvalue weighted by Crippen LogP contribution is 2.21. The molecule has 0 bridgehead atoms. The Morgan fingerprint density at radius 1 is 1.22 bits per heavy atom. The molecule has 0 aromatic carbocycles. The van der Waals surface area contributed by atoms with Gasteiger partial charge in [0.25, 0.3) is 5.78 Å². The summed E-state index contributed by atoms with van der Waals surface area (Å²) in [4.78, 5) is 11.3. The van der Waals surface area contributed by atoms with Gasteiger partial charge in [0.2, 0.25) is 0 Å². The molecule has 0 aromatic rings. The number of hydrazone groups is 1. The normalized spacial score (nSPS) is 14.0. The molecule has 0 rings (SSSR count). The Balaban J connectivity index is 5.25. The van der Waals surface area contributed by atoms with Crippen LogP contribution in [-0.2, 0) is 4.79 Å². The number of alkyl halides is 3. The highest BCUT2D eigenvalue weighted by Gasteiger charge is 2.42. The van der Waals surface area contributed by atoms with Crippen molar-refractivity contribution < 1.29 is 18.0 Å². The highest BCUT2D eigenvalue weighted by molar-refractivity contribution is 6.41. The first kappa shape index (κ1) is 16.9. The number of rotatable bonds is 4. The number of Topliss-reactive ketones (excluding diaryl/α,β-unsaturated/α-hetero) is 1. The number of carbonyl (C=O) groups excluding carboxylic acids is 1. The molecule has 0 fully saturated rings. The Morgan fingerprint density at radius 2 is 1.67 bits per heavy atom. The lowest BCUT2D eigenvalue weighted by molar-refractivity contribution is -0.163. The Morgan fingerprint density at radius 3 is 1.94 bits per heavy atom. The van der Waals surface area contributed by atoms with Crippen LogP contribution in [0.5, 0.6) is 0 Å². The Hall–Kier alpha value is -1.07. The van der Waals surface area contributed by atoms with Gasteiger partial charge in [-0.15, -0.1) is 0 Å². The second kappa shape index (κ2) is 5.71. The number of ketones is 1. The van der Waals surface area contributed by atoms with Crippen molar-refractivity contribution in [3.05, 3.63) is 0 Å². The summed E-state index contributed by atoms with van der Waals surface area (Å²) in [5.41, 5.74) is -0.872. The summed E-state index contributed by atoms with van der Waals surface area (Å²) in [6.07, 6.45) is -4.86. The predicted octanol–water partition coefficient (Wildman–Crippen LogP) is 3.25. The lowest BCUT2D eigenvalue weighted by Crippen LogP contribution is -2.38. The lowest BCUT2D eigenvalue weighted by Gasteiger charge is -2.30. The third-order valence-corrected chi connectivity index (χ3v) is 2.36. The molecule has 0 radical (unpaired) electrons. The van der Waals surface area contributed by atoms with E-state index in [9.17, 15) is 18.0 Å². The molecular weight excluding hydrogens is 245 g/mol. The fourth-order valence-corrected chi connectivity index (χ4v) is 1.06. The molecule has 18 heavy (non-hydrogen) atoms. The molecule has 0 aromatic heterocycles. The molecule has 0 aliphatic heterocycles. The minimum atomic E-state index is -4.87. The molecule has 0 spiro atoms. The first-order valence-corrected chi connectivity index (χ1v) is 5.78. The standard InChI is InChI=1S/C12H21F3N2O/c1-8(2)7-9(10(18)12(13,14)15)16-17(6)11(3,4)5/h8H,7H2,1-6H3/b16-9-. The molecule has 0 unspecified atom stereocenters. The van der Waals surface area contributed by atoms with Crippen molar-refractivity contribution in [3.63, 3.8) is 0 Å². The number of carbonyl (C=O) groups is 1. The first-order valence-electron chi connectivity index (χ1n) is 5.78. The summed E-state index contributed by atoms with van der Waals surface area (Å²) in [6, 6.07) is 0. The van der Waals surface area contributed by atoms with Gasteiger partial charge >= 0.3 is 6.18 Å². The van der Waals surface area contributed by atoms with Crippen LogP contribution in [0.3, 0.4) is 0 Å². The molecule has 0 atom stereocenters. The van der Waals surface area contributed by atoms with Crippen LogP contribution in [0.15, 0.2) is 5.10 Å². The van der Waals surface area contributed by atoms with E-state index >= 15 is 0 Å². The van der Waals surface area contributed by atoms with Crippen molar-refractivity contribution in [1.82, 2.24) is 5.01 Å². The lowest BCUT2D eigenvalue weighted by atomic mass is 10.0. The zero-order chi connectivity index (χ0) is 14.7. The monoisotopic (exact) mass is 266 g/mol. The summed E-state index contributed by atoms with van der Waals surface area (Å²) >= 11 is 0. The van der Waals surface area contributed by atoms with E-state index in [2.05, 4.69) is 5.10 Å². The number of hydrogen-bond acceptors (Lipinski definition) is 3. The molecule has 0 aliphatic carbocycles. The number of nitrogens with zero attached hydrogens (tertiary/aromatic N) is 2. The largest absolute Gasteiger partial charge is 0.456 e. The van der Waals surface area contributed by atoms with E-state index in [0.29, 0.717) is 0 Å². The van der Waals surface area contributed by atoms with Gasteiger partial charge in [0, 0.05) is 12.6 Å². The van der Waals surface area contributed by atoms with Crippen molar-refractivity contribution >= 4 is 11.5 Å². The second-order valence-corrected chi connectivity index (χ2v) is 5.67. The van der Waals surface area contributed by atoms with Crippen LogP contribution in [0.25, 0.3) is 0 Å². The van der Waals surface area contributed by atoms with E-state index in [1.807, 2.05) is 20.8 Å². The van der Waals surface area contributed by atoms with Crippen molar-refractivity contribution in [2.75, 3.05) is 7.05 Å². The Labute approximate surface area is 106 Å². The van der Waals surface area contributed by atoms with Gasteiger partial charge in [-0.05, 0) is 33.1 Å². The predicted molar refractivity (Wildman–Crippen MR) is 65.5 cm³/mol. The van der Waals surface area contributed by atoms with Crippen LogP contribution in [-0.4, -0.2) is 35.3 Å². The maximum absolute atomic E-state index is 12.4. The Bertz CT molecular complexity index is 327. The van der Waals surface area contributed by atoms with Crippen LogP contribution in [0, 0.1) is 5.92 Å². The second-order valence-electron chi connectivity index (χ2n) is 5.67. The molecular formula is C12H21F3N2O. The van der Waals surface area contributed by atoms with E-state index in [-0.39, 0.29) is 12.3 Å². The molecule has 6 heteroatoms. The van der Waals surface area contributed by atoms with Gasteiger partial charge in [-0.2, -0.15) is 18.3 Å². The summed E-state index contributed by atoms with van der Waals surface area (Å²) in [7, 11) is 1.56. The maximum Gasteiger partial charge on any atom is 0.456 e. The molecule has 106 valence electrons. The van der Waals surface area contributed by atoms with Gasteiger partial charge in [-0.3, -0.25) is 9.80 Å². The zero-order valence-electron chi connectivity index (χ0n) is 11.7. The smallest absolute Gasteiger partial charge is 0.294 e. The number of hydrogen-bond donors (Lipinski definition) is 0. The van der Waals surface area contributed by atoms with Crippen LogP contribution < -0.4 is 0 Å². The van der Waals surface area contributed by atoms with E-state index in [1.165, 1.54) is 5.01 Å². The average Bonchev–Trinajstić information content (AvgIpc) is 2.11. The molecule has 3 nitrogen and oxygen atoms in total. The van der Waals surface area contributed by atoms with Crippen LogP contribution in [0.2, 0.25) is 0 Å². The van der Waals surface area contributed by atoms with Crippen molar-refractivity contribution in [3.8, 4) is 0 Å². The minimum Gasteiger partial charge on any atom is -0.294 e. The van der Waals surface area contributed by atoms with E-state index in [4.69, 9.17) is 0 Å². The summed E-state index contributed by atoms with van der Waals surface area (Å²) < 4.78 is 37.3. The van der Waals surface area contributed by atoms with Crippen LogP contribution in [0.1, 0.15) is 41.0 Å². The van der Waals surface area contributed by atoms with Crippen molar-refractivity contribution in [2.45, 2.75) is 52.8 Å². The van der Waals surface area contributed by atoms with Gasteiger partial charge < -0.3 is 0 Å². The minimum absolute atomic E-state index is 0.0127. The van der Waals surface area contributed by atoms with E-state index < -0.39 is 23.2 Å². The third-order valence-electron chi connectivity index (χ3n) is 2.36. The summed E-state index contributed by atoms with van der Waals surface area (Å²) in [5.74, 6) is -1.92. The number of halogens is 3. The van der Waals surface area contributed by atoms with Gasteiger partial charge in [0.15, 0.2) is 0 Å². The Kier molecular flexibility index (Phi) is 5.37. The SMILES string of the molecule is CC(C)C/C(=N/N(C)C(C)(C)C)C(=O)C(F)(F)F. The topological polar surface area (TPSA) is 32.7 Å². The van der Waals surface area contributed by atoms with Gasteiger partial charge in [-0.25, -0.2) is 0 Å². The van der Waals surface area contributed by atoms with Crippen LogP contribution in [0.4, 0.5) is 13.2 Å². The summed E-state index contributed by atoms with van der Waals surface area (Å²) in [5, 5.41) is 5.22. The van der Waals surface area contributed by atoms with Gasteiger partial charge in [-0.1, -0.05) is 13.8 Å². The van der Waals surface area contributed by atoms with E-state index in [0.717, 1.165) is 0 Å². The first-order chi connectivity index (χ1) is 7.85.